The number of halogens is 1. The Hall–Kier alpha value is -0.840. The molecular formula is C7H10FN3S. The molecule has 0 radical (unpaired) electrons. The zero-order valence-corrected chi connectivity index (χ0v) is 7.57. The van der Waals surface area contributed by atoms with Crippen molar-refractivity contribution in [2.75, 3.05) is 11.5 Å². The molecule has 0 aromatic carbocycles. The molecule has 12 heavy (non-hydrogen) atoms. The lowest BCUT2D eigenvalue weighted by Crippen LogP contribution is -1.98. The highest BCUT2D eigenvalue weighted by Crippen LogP contribution is 2.15. The van der Waals surface area contributed by atoms with Gasteiger partial charge in [-0.25, -0.2) is 14.4 Å². The maximum Gasteiger partial charge on any atom is 0.189 e. The van der Waals surface area contributed by atoms with Crippen molar-refractivity contribution in [3.63, 3.8) is 0 Å². The van der Waals surface area contributed by atoms with Crippen molar-refractivity contribution >= 4 is 17.6 Å². The molecule has 0 amide bonds. The van der Waals surface area contributed by atoms with Crippen molar-refractivity contribution in [1.29, 1.82) is 0 Å². The molecule has 1 aromatic rings. The molecule has 0 saturated carbocycles. The lowest BCUT2D eigenvalue weighted by Gasteiger charge is -1.98. The Morgan fingerprint density at radius 3 is 3.00 bits per heavy atom. The summed E-state index contributed by atoms with van der Waals surface area (Å²) in [6.45, 7) is 2.06. The van der Waals surface area contributed by atoms with Gasteiger partial charge in [0.2, 0.25) is 0 Å². The third-order valence-corrected chi connectivity index (χ3v) is 2.25. The summed E-state index contributed by atoms with van der Waals surface area (Å²) in [4.78, 5) is 7.54. The number of rotatable bonds is 3. The normalized spacial score (nSPS) is 10.2. The number of nitrogens with two attached hydrogens (primary N) is 1. The van der Waals surface area contributed by atoms with Gasteiger partial charge in [-0.1, -0.05) is 18.7 Å². The molecule has 66 valence electrons. The first-order valence-corrected chi connectivity index (χ1v) is 4.63. The maximum atomic E-state index is 12.6. The van der Waals surface area contributed by atoms with Gasteiger partial charge >= 0.3 is 0 Å². The number of nitrogen functional groups attached to an aromatic ring is 1. The minimum Gasteiger partial charge on any atom is -0.381 e. The Bertz CT molecular complexity index is 267. The molecule has 0 unspecified atom stereocenters. The first-order chi connectivity index (χ1) is 5.74. The van der Waals surface area contributed by atoms with Crippen molar-refractivity contribution in [3.05, 3.63) is 12.0 Å². The van der Waals surface area contributed by atoms with Crippen LogP contribution in [-0.2, 0) is 0 Å². The second-order valence-electron chi connectivity index (χ2n) is 2.23. The number of anilines is 1. The van der Waals surface area contributed by atoms with Gasteiger partial charge in [-0.05, 0) is 6.42 Å². The summed E-state index contributed by atoms with van der Waals surface area (Å²) < 4.78 is 12.6. The molecule has 5 heteroatoms. The van der Waals surface area contributed by atoms with Gasteiger partial charge in [0, 0.05) is 5.75 Å². The van der Waals surface area contributed by atoms with Crippen LogP contribution >= 0.6 is 11.8 Å². The fraction of sp³-hybridized carbons (Fsp3) is 0.429. The molecule has 0 aliphatic heterocycles. The van der Waals surface area contributed by atoms with Gasteiger partial charge in [0.25, 0.3) is 0 Å². The molecule has 0 atom stereocenters. The molecule has 3 nitrogen and oxygen atoms in total. The molecular weight excluding hydrogens is 177 g/mol. The van der Waals surface area contributed by atoms with Crippen LogP contribution in [0.5, 0.6) is 0 Å². The van der Waals surface area contributed by atoms with Crippen LogP contribution in [0.3, 0.4) is 0 Å². The monoisotopic (exact) mass is 187 g/mol. The van der Waals surface area contributed by atoms with E-state index in [0.29, 0.717) is 5.16 Å². The third kappa shape index (κ3) is 2.34. The summed E-state index contributed by atoms with van der Waals surface area (Å²) in [5.41, 5.74) is 5.25. The van der Waals surface area contributed by atoms with Gasteiger partial charge in [-0.3, -0.25) is 0 Å². The second kappa shape index (κ2) is 4.25. The summed E-state index contributed by atoms with van der Waals surface area (Å²) in [6.07, 6.45) is 2.13. The SMILES string of the molecule is CCCSc1ncc(F)c(N)n1. The average Bonchev–Trinajstić information content (AvgIpc) is 2.07. The van der Waals surface area contributed by atoms with Crippen LogP contribution in [0.1, 0.15) is 13.3 Å². The van der Waals surface area contributed by atoms with E-state index in [4.69, 9.17) is 5.73 Å². The van der Waals surface area contributed by atoms with E-state index in [-0.39, 0.29) is 5.82 Å². The highest BCUT2D eigenvalue weighted by atomic mass is 32.2. The molecule has 1 heterocycles. The molecule has 0 aliphatic carbocycles. The molecule has 0 fully saturated rings. The van der Waals surface area contributed by atoms with Crippen LogP contribution in [0.15, 0.2) is 11.4 Å². The molecule has 0 spiro atoms. The van der Waals surface area contributed by atoms with Gasteiger partial charge < -0.3 is 5.73 Å². The summed E-state index contributed by atoms with van der Waals surface area (Å²) in [5, 5.41) is 0.538. The molecule has 2 N–H and O–H groups in total. The number of nitrogens with zero attached hydrogens (tertiary/aromatic N) is 2. The second-order valence-corrected chi connectivity index (χ2v) is 3.30. The number of hydrogen-bond donors (Lipinski definition) is 1. The van der Waals surface area contributed by atoms with E-state index in [2.05, 4.69) is 16.9 Å². The van der Waals surface area contributed by atoms with Crippen LogP contribution in [0.4, 0.5) is 10.2 Å². The Labute approximate surface area is 74.6 Å². The van der Waals surface area contributed by atoms with E-state index in [1.54, 1.807) is 0 Å². The van der Waals surface area contributed by atoms with Crippen LogP contribution in [0.25, 0.3) is 0 Å². The molecule has 0 aliphatic rings. The van der Waals surface area contributed by atoms with E-state index < -0.39 is 5.82 Å². The predicted molar refractivity (Wildman–Crippen MR) is 47.4 cm³/mol. The molecule has 1 aromatic heterocycles. The standard InChI is InChI=1S/C7H10FN3S/c1-2-3-12-7-10-4-5(8)6(9)11-7/h4H,2-3H2,1H3,(H2,9,10,11). The van der Waals surface area contributed by atoms with Crippen molar-refractivity contribution in [1.82, 2.24) is 9.97 Å². The van der Waals surface area contributed by atoms with Crippen LogP contribution in [0.2, 0.25) is 0 Å². The maximum absolute atomic E-state index is 12.6. The highest BCUT2D eigenvalue weighted by molar-refractivity contribution is 7.99. The smallest absolute Gasteiger partial charge is 0.189 e. The van der Waals surface area contributed by atoms with Crippen molar-refractivity contribution in [3.8, 4) is 0 Å². The van der Waals surface area contributed by atoms with E-state index >= 15 is 0 Å². The van der Waals surface area contributed by atoms with E-state index in [0.717, 1.165) is 18.4 Å². The van der Waals surface area contributed by atoms with Gasteiger partial charge in [0.15, 0.2) is 16.8 Å². The molecule has 1 rings (SSSR count). The number of thioether (sulfide) groups is 1. The predicted octanol–water partition coefficient (Wildman–Crippen LogP) is 1.70. The van der Waals surface area contributed by atoms with Crippen molar-refractivity contribution in [2.24, 2.45) is 0 Å². The van der Waals surface area contributed by atoms with Gasteiger partial charge in [0.1, 0.15) is 0 Å². The Morgan fingerprint density at radius 2 is 2.42 bits per heavy atom. The highest BCUT2D eigenvalue weighted by Gasteiger charge is 2.02. The van der Waals surface area contributed by atoms with E-state index in [9.17, 15) is 4.39 Å². The fourth-order valence-corrected chi connectivity index (χ4v) is 1.30. The number of aromatic nitrogens is 2. The third-order valence-electron chi connectivity index (χ3n) is 1.18. The van der Waals surface area contributed by atoms with E-state index in [1.807, 2.05) is 0 Å². The molecule has 0 bridgehead atoms. The Balaban J connectivity index is 2.69. The first kappa shape index (κ1) is 9.25. The topological polar surface area (TPSA) is 51.8 Å². The lowest BCUT2D eigenvalue weighted by molar-refractivity contribution is 0.612. The van der Waals surface area contributed by atoms with Crippen LogP contribution < -0.4 is 5.73 Å². The summed E-state index contributed by atoms with van der Waals surface area (Å²) in [6, 6.07) is 0. The van der Waals surface area contributed by atoms with Crippen LogP contribution in [0, 0.1) is 5.82 Å². The van der Waals surface area contributed by atoms with Crippen molar-refractivity contribution in [2.45, 2.75) is 18.5 Å². The lowest BCUT2D eigenvalue weighted by atomic mass is 10.6. The zero-order valence-electron chi connectivity index (χ0n) is 6.75. The van der Waals surface area contributed by atoms with Crippen molar-refractivity contribution < 1.29 is 4.39 Å². The van der Waals surface area contributed by atoms with Crippen LogP contribution in [-0.4, -0.2) is 15.7 Å². The Morgan fingerprint density at radius 1 is 1.67 bits per heavy atom. The quantitative estimate of drug-likeness (QED) is 0.578. The Kier molecular flexibility index (Phi) is 3.28. The average molecular weight is 187 g/mol. The first-order valence-electron chi connectivity index (χ1n) is 3.65. The largest absolute Gasteiger partial charge is 0.381 e. The van der Waals surface area contributed by atoms with E-state index in [1.165, 1.54) is 11.8 Å². The van der Waals surface area contributed by atoms with Gasteiger partial charge in [-0.15, -0.1) is 0 Å². The number of hydrogen-bond acceptors (Lipinski definition) is 4. The summed E-state index contributed by atoms with van der Waals surface area (Å²) in [5.74, 6) is 0.282. The van der Waals surface area contributed by atoms with Gasteiger partial charge in [-0.2, -0.15) is 0 Å². The summed E-state index contributed by atoms with van der Waals surface area (Å²) in [7, 11) is 0. The minimum atomic E-state index is -0.559. The summed E-state index contributed by atoms with van der Waals surface area (Å²) >= 11 is 1.47. The fourth-order valence-electron chi connectivity index (χ4n) is 0.626. The minimum absolute atomic E-state index is 0.0800. The van der Waals surface area contributed by atoms with Gasteiger partial charge in [0.05, 0.1) is 6.20 Å². The molecule has 0 saturated heterocycles. The zero-order chi connectivity index (χ0) is 8.97.